The smallest absolute Gasteiger partial charge is 0.258 e. The lowest BCUT2D eigenvalue weighted by Crippen LogP contribution is -2.42. The van der Waals surface area contributed by atoms with Crippen LogP contribution in [-0.2, 0) is 14.8 Å². The van der Waals surface area contributed by atoms with Crippen molar-refractivity contribution in [2.75, 3.05) is 65.0 Å². The average molecular weight is 545 g/mol. The minimum Gasteiger partial charge on any atom is -0.395 e. The number of morpholine rings is 1. The third-order valence-electron chi connectivity index (χ3n) is 7.61. The van der Waals surface area contributed by atoms with Crippen molar-refractivity contribution in [2.24, 2.45) is 5.41 Å². The zero-order chi connectivity index (χ0) is 26.9. The maximum atomic E-state index is 13.6. The lowest BCUT2D eigenvalue weighted by molar-refractivity contribution is 0.0526. The van der Waals surface area contributed by atoms with E-state index in [0.29, 0.717) is 53.8 Å². The van der Waals surface area contributed by atoms with Crippen LogP contribution >= 0.6 is 0 Å². The number of nitrogens with one attached hydrogen (secondary N) is 2. The fraction of sp³-hybridized carbons (Fsp3) is 0.577. The summed E-state index contributed by atoms with van der Waals surface area (Å²) in [6.45, 7) is 6.95. The molecular formula is C26H36N6O5S. The summed E-state index contributed by atoms with van der Waals surface area (Å²) in [7, 11) is -3.70. The molecule has 3 aliphatic rings. The highest BCUT2D eigenvalue weighted by atomic mass is 32.2. The van der Waals surface area contributed by atoms with Crippen molar-refractivity contribution in [1.82, 2.24) is 9.97 Å². The van der Waals surface area contributed by atoms with Gasteiger partial charge in [0.2, 0.25) is 16.0 Å². The number of rotatable bonds is 8. The molecule has 1 atom stereocenters. The topological polar surface area (TPSA) is 137 Å². The quantitative estimate of drug-likeness (QED) is 0.457. The first-order valence-corrected chi connectivity index (χ1v) is 14.8. The van der Waals surface area contributed by atoms with Crippen LogP contribution in [0.3, 0.4) is 0 Å². The van der Waals surface area contributed by atoms with E-state index < -0.39 is 22.4 Å². The molecule has 1 aromatic carbocycles. The summed E-state index contributed by atoms with van der Waals surface area (Å²) in [6, 6.07) is 6.66. The molecule has 0 bridgehead atoms. The summed E-state index contributed by atoms with van der Waals surface area (Å²) in [5, 5.41) is 12.0. The van der Waals surface area contributed by atoms with E-state index in [1.807, 2.05) is 13.8 Å². The Hall–Kier alpha value is -2.96. The normalized spacial score (nSPS) is 20.9. The van der Waals surface area contributed by atoms with Gasteiger partial charge in [-0.3, -0.25) is 9.52 Å². The predicted molar refractivity (Wildman–Crippen MR) is 146 cm³/mol. The number of ether oxygens (including phenoxy) is 1. The van der Waals surface area contributed by atoms with Crippen molar-refractivity contribution in [3.63, 3.8) is 0 Å². The number of carbonyl (C=O) groups excluding carboxylic acids is 1. The number of aryl methyl sites for hydroxylation is 1. The average Bonchev–Trinajstić information content (AvgIpc) is 3.62. The number of nitrogens with zero attached hydrogens (tertiary/aromatic N) is 4. The van der Waals surface area contributed by atoms with Gasteiger partial charge in [0.1, 0.15) is 5.82 Å². The molecular weight excluding hydrogens is 508 g/mol. The number of amides is 1. The summed E-state index contributed by atoms with van der Waals surface area (Å²) in [4.78, 5) is 26.9. The van der Waals surface area contributed by atoms with Gasteiger partial charge in [0.05, 0.1) is 42.0 Å². The number of hydrogen-bond acceptors (Lipinski definition) is 9. The van der Waals surface area contributed by atoms with Crippen molar-refractivity contribution in [3.05, 3.63) is 35.5 Å². The minimum atomic E-state index is -3.70. The molecule has 5 rings (SSSR count). The molecule has 1 aromatic heterocycles. The molecule has 0 radical (unpaired) electrons. The zero-order valence-electron chi connectivity index (χ0n) is 21.9. The molecule has 12 heteroatoms. The molecule has 11 nitrogen and oxygen atoms in total. The molecule has 206 valence electrons. The number of aliphatic hydroxyl groups excluding tert-OH is 1. The number of hydrogen-bond donors (Lipinski definition) is 3. The van der Waals surface area contributed by atoms with Gasteiger partial charge in [-0.05, 0) is 63.1 Å². The number of aliphatic hydroxyl groups is 1. The van der Waals surface area contributed by atoms with E-state index in [2.05, 4.69) is 29.8 Å². The number of aromatic nitrogens is 2. The molecule has 3 heterocycles. The first kappa shape index (κ1) is 26.6. The van der Waals surface area contributed by atoms with E-state index in [1.165, 1.54) is 12.8 Å². The molecule has 38 heavy (non-hydrogen) atoms. The van der Waals surface area contributed by atoms with Crippen LogP contribution in [0.4, 0.5) is 23.1 Å². The first-order chi connectivity index (χ1) is 18.2. The van der Waals surface area contributed by atoms with E-state index in [4.69, 9.17) is 9.84 Å². The monoisotopic (exact) mass is 544 g/mol. The second-order valence-electron chi connectivity index (χ2n) is 10.6. The summed E-state index contributed by atoms with van der Waals surface area (Å²) < 4.78 is 32.7. The maximum Gasteiger partial charge on any atom is 0.258 e. The molecule has 1 amide bonds. The lowest BCUT2D eigenvalue weighted by Gasteiger charge is -2.35. The second kappa shape index (κ2) is 10.7. The van der Waals surface area contributed by atoms with Crippen molar-refractivity contribution < 1.29 is 23.1 Å². The van der Waals surface area contributed by atoms with E-state index >= 15 is 0 Å². The molecule has 1 aliphatic carbocycles. The molecule has 2 aliphatic heterocycles. The number of benzene rings is 1. The number of carbonyl (C=O) groups is 1. The number of sulfonamides is 1. The first-order valence-electron chi connectivity index (χ1n) is 13.2. The molecule has 3 N–H and O–H groups in total. The van der Waals surface area contributed by atoms with Crippen LogP contribution in [0.15, 0.2) is 24.3 Å². The van der Waals surface area contributed by atoms with Crippen LogP contribution in [-0.4, -0.2) is 80.6 Å². The van der Waals surface area contributed by atoms with Crippen molar-refractivity contribution in [1.29, 1.82) is 0 Å². The fourth-order valence-electron chi connectivity index (χ4n) is 5.24. The highest BCUT2D eigenvalue weighted by Crippen LogP contribution is 2.54. The van der Waals surface area contributed by atoms with E-state index in [0.717, 1.165) is 31.6 Å². The maximum absolute atomic E-state index is 13.6. The SMILES string of the molecule is Cc1cc(NC(=O)c2ccc(NS(=O)(=O)CCO)cc2N2CCC3(CC2)CC3)nc(N2CCO[C@@H](C)C2)n1. The molecule has 2 saturated heterocycles. The predicted octanol–water partition coefficient (Wildman–Crippen LogP) is 2.38. The van der Waals surface area contributed by atoms with Gasteiger partial charge in [-0.2, -0.15) is 4.98 Å². The van der Waals surface area contributed by atoms with Crippen LogP contribution < -0.4 is 19.8 Å². The Morgan fingerprint density at radius 3 is 2.58 bits per heavy atom. The summed E-state index contributed by atoms with van der Waals surface area (Å²) in [5.41, 5.74) is 2.67. The molecule has 1 spiro atoms. The van der Waals surface area contributed by atoms with Crippen LogP contribution in [0.1, 0.15) is 48.7 Å². The van der Waals surface area contributed by atoms with Crippen LogP contribution in [0.2, 0.25) is 0 Å². The standard InChI is InChI=1S/C26H36N6O5S/c1-18-15-23(29-25(27-18)32-11-13-37-19(2)17-32)28-24(34)21-4-3-20(30-38(35,36)14-12-33)16-22(21)31-9-7-26(5-6-26)8-10-31/h3-4,15-16,19,30,33H,5-14,17H2,1-2H3,(H,27,28,29,34)/t19-/m0/s1. The Labute approximate surface area is 223 Å². The van der Waals surface area contributed by atoms with Crippen LogP contribution in [0.5, 0.6) is 0 Å². The van der Waals surface area contributed by atoms with Crippen LogP contribution in [0, 0.1) is 12.3 Å². The number of anilines is 4. The van der Waals surface area contributed by atoms with Crippen molar-refractivity contribution in [2.45, 2.75) is 45.6 Å². The van der Waals surface area contributed by atoms with Crippen molar-refractivity contribution in [3.8, 4) is 0 Å². The van der Waals surface area contributed by atoms with Gasteiger partial charge < -0.3 is 25.0 Å². The molecule has 2 aromatic rings. The highest BCUT2D eigenvalue weighted by molar-refractivity contribution is 7.92. The molecule has 3 fully saturated rings. The summed E-state index contributed by atoms with van der Waals surface area (Å²) in [6.07, 6.45) is 4.70. The zero-order valence-corrected chi connectivity index (χ0v) is 22.8. The highest BCUT2D eigenvalue weighted by Gasteiger charge is 2.44. The van der Waals surface area contributed by atoms with Gasteiger partial charge in [0, 0.05) is 37.9 Å². The lowest BCUT2D eigenvalue weighted by atomic mass is 9.93. The van der Waals surface area contributed by atoms with Crippen molar-refractivity contribution >= 4 is 39.1 Å². The third kappa shape index (κ3) is 6.19. The van der Waals surface area contributed by atoms with E-state index in [9.17, 15) is 13.2 Å². The van der Waals surface area contributed by atoms with Gasteiger partial charge in [0.25, 0.3) is 5.91 Å². The van der Waals surface area contributed by atoms with E-state index in [-0.39, 0.29) is 12.0 Å². The van der Waals surface area contributed by atoms with Gasteiger partial charge in [0.15, 0.2) is 0 Å². The summed E-state index contributed by atoms with van der Waals surface area (Å²) in [5.74, 6) is 0.241. The molecule has 1 saturated carbocycles. The molecule has 0 unspecified atom stereocenters. The van der Waals surface area contributed by atoms with Crippen LogP contribution in [0.25, 0.3) is 0 Å². The largest absolute Gasteiger partial charge is 0.395 e. The van der Waals surface area contributed by atoms with Gasteiger partial charge in [-0.15, -0.1) is 0 Å². The second-order valence-corrected chi connectivity index (χ2v) is 12.5. The minimum absolute atomic E-state index is 0.0705. The number of piperidine rings is 1. The van der Waals surface area contributed by atoms with Gasteiger partial charge in [-0.1, -0.05) is 0 Å². The fourth-order valence-corrected chi connectivity index (χ4v) is 6.07. The Kier molecular flexibility index (Phi) is 7.47. The Morgan fingerprint density at radius 2 is 1.89 bits per heavy atom. The summed E-state index contributed by atoms with van der Waals surface area (Å²) >= 11 is 0. The Morgan fingerprint density at radius 1 is 1.13 bits per heavy atom. The third-order valence-corrected chi connectivity index (χ3v) is 8.87. The van der Waals surface area contributed by atoms with Gasteiger partial charge >= 0.3 is 0 Å². The Bertz CT molecular complexity index is 1290. The Balaban J connectivity index is 1.40. The van der Waals surface area contributed by atoms with Gasteiger partial charge in [-0.25, -0.2) is 13.4 Å². The van der Waals surface area contributed by atoms with E-state index in [1.54, 1.807) is 24.3 Å².